The summed E-state index contributed by atoms with van der Waals surface area (Å²) < 4.78 is 10.3. The van der Waals surface area contributed by atoms with Gasteiger partial charge in [-0.3, -0.25) is 25.2 Å². The third-order valence-corrected chi connectivity index (χ3v) is 3.57. The number of ether oxygens (including phenoxy) is 2. The quantitative estimate of drug-likeness (QED) is 0.526. The fourth-order valence-corrected chi connectivity index (χ4v) is 2.05. The van der Waals surface area contributed by atoms with Crippen LogP contribution in [0, 0.1) is 0 Å². The van der Waals surface area contributed by atoms with Crippen molar-refractivity contribution in [2.75, 3.05) is 19.0 Å². The minimum atomic E-state index is -0.993. The maximum Gasteiger partial charge on any atom is 0.328 e. The number of methoxy groups -OCH3 is 1. The molecule has 2 rings (SSSR count). The van der Waals surface area contributed by atoms with Crippen LogP contribution in [0.15, 0.2) is 48.5 Å². The molecule has 0 unspecified atom stereocenters. The molecule has 0 radical (unpaired) electrons. The number of anilines is 1. The predicted molar refractivity (Wildman–Crippen MR) is 99.2 cm³/mol. The van der Waals surface area contributed by atoms with Gasteiger partial charge in [0.15, 0.2) is 6.61 Å². The molecule has 8 heteroatoms. The monoisotopic (exact) mass is 371 g/mol. The number of aryl methyl sites for hydroxylation is 1. The van der Waals surface area contributed by atoms with E-state index >= 15 is 0 Å². The molecule has 0 heterocycles. The van der Waals surface area contributed by atoms with Crippen LogP contribution in [0.1, 0.15) is 12.5 Å². The van der Waals surface area contributed by atoms with E-state index < -0.39 is 17.7 Å². The van der Waals surface area contributed by atoms with Gasteiger partial charge in [-0.15, -0.1) is 0 Å². The van der Waals surface area contributed by atoms with Crippen molar-refractivity contribution in [2.45, 2.75) is 13.3 Å². The summed E-state index contributed by atoms with van der Waals surface area (Å²) in [5, 5.41) is 2.44. The molecule has 0 aliphatic heterocycles. The molecule has 3 N–H and O–H groups in total. The first-order valence-corrected chi connectivity index (χ1v) is 8.27. The summed E-state index contributed by atoms with van der Waals surface area (Å²) in [7, 11) is 1.54. The Hall–Kier alpha value is -3.55. The maximum absolute atomic E-state index is 11.8. The van der Waals surface area contributed by atoms with Gasteiger partial charge in [-0.1, -0.05) is 19.1 Å². The third-order valence-electron chi connectivity index (χ3n) is 3.57. The zero-order chi connectivity index (χ0) is 19.6. The van der Waals surface area contributed by atoms with Gasteiger partial charge in [0, 0.05) is 5.69 Å². The van der Waals surface area contributed by atoms with E-state index in [1.54, 1.807) is 43.5 Å². The number of hydrogen-bond donors (Lipinski definition) is 3. The number of carbonyl (C=O) groups is 3. The van der Waals surface area contributed by atoms with E-state index in [0.29, 0.717) is 17.2 Å². The Bertz CT molecular complexity index is 788. The van der Waals surface area contributed by atoms with Crippen LogP contribution in [-0.2, 0) is 20.8 Å². The molecule has 0 saturated carbocycles. The first kappa shape index (κ1) is 19.8. The number of hydrogen-bond acceptors (Lipinski definition) is 5. The van der Waals surface area contributed by atoms with E-state index in [0.717, 1.165) is 12.0 Å². The number of rotatable bonds is 6. The van der Waals surface area contributed by atoms with Crippen molar-refractivity contribution in [1.29, 1.82) is 0 Å². The van der Waals surface area contributed by atoms with Gasteiger partial charge in [-0.05, 0) is 48.4 Å². The van der Waals surface area contributed by atoms with E-state index in [9.17, 15) is 14.4 Å². The maximum atomic E-state index is 11.8. The zero-order valence-corrected chi connectivity index (χ0v) is 15.1. The van der Waals surface area contributed by atoms with Gasteiger partial charge >= 0.3 is 11.8 Å². The lowest BCUT2D eigenvalue weighted by atomic mass is 10.1. The molecule has 0 bridgehead atoms. The summed E-state index contributed by atoms with van der Waals surface area (Å²) >= 11 is 0. The van der Waals surface area contributed by atoms with Crippen molar-refractivity contribution >= 4 is 23.4 Å². The van der Waals surface area contributed by atoms with Gasteiger partial charge in [-0.2, -0.15) is 0 Å². The summed E-state index contributed by atoms with van der Waals surface area (Å²) in [6.45, 7) is 1.69. The molecule has 2 aromatic rings. The topological polar surface area (TPSA) is 106 Å². The Morgan fingerprint density at radius 3 is 2.07 bits per heavy atom. The van der Waals surface area contributed by atoms with Gasteiger partial charge in [0.05, 0.1) is 7.11 Å². The predicted octanol–water partition coefficient (Wildman–Crippen LogP) is 1.42. The molecule has 142 valence electrons. The number of amides is 3. The van der Waals surface area contributed by atoms with Gasteiger partial charge in [-0.25, -0.2) is 0 Å². The Kier molecular flexibility index (Phi) is 7.18. The first-order chi connectivity index (χ1) is 13.0. The highest BCUT2D eigenvalue weighted by Crippen LogP contribution is 2.16. The van der Waals surface area contributed by atoms with Gasteiger partial charge in [0.2, 0.25) is 0 Å². The average molecular weight is 371 g/mol. The fraction of sp³-hybridized carbons (Fsp3) is 0.211. The lowest BCUT2D eigenvalue weighted by molar-refractivity contribution is -0.138. The summed E-state index contributed by atoms with van der Waals surface area (Å²) in [4.78, 5) is 35.2. The van der Waals surface area contributed by atoms with E-state index in [4.69, 9.17) is 9.47 Å². The van der Waals surface area contributed by atoms with Crippen LogP contribution in [0.25, 0.3) is 0 Å². The number of nitrogens with one attached hydrogen (secondary N) is 3. The number of hydrazine groups is 1. The van der Waals surface area contributed by atoms with Crippen molar-refractivity contribution in [3.05, 3.63) is 54.1 Å². The largest absolute Gasteiger partial charge is 0.497 e. The van der Waals surface area contributed by atoms with Crippen LogP contribution in [-0.4, -0.2) is 31.4 Å². The van der Waals surface area contributed by atoms with Crippen LogP contribution in [0.2, 0.25) is 0 Å². The molecule has 8 nitrogen and oxygen atoms in total. The lowest BCUT2D eigenvalue weighted by Gasteiger charge is -2.09. The average Bonchev–Trinajstić information content (AvgIpc) is 2.71. The first-order valence-electron chi connectivity index (χ1n) is 8.27. The normalized spacial score (nSPS) is 9.85. The Balaban J connectivity index is 1.72. The SMILES string of the molecule is CCc1ccc(NC(=O)C(=O)NNC(=O)COc2ccc(OC)cc2)cc1. The highest BCUT2D eigenvalue weighted by Gasteiger charge is 2.14. The molecular formula is C19H21N3O5. The minimum absolute atomic E-state index is 0.327. The van der Waals surface area contributed by atoms with Crippen molar-refractivity contribution in [3.63, 3.8) is 0 Å². The Labute approximate surface area is 156 Å². The molecule has 0 atom stereocenters. The number of carbonyl (C=O) groups excluding carboxylic acids is 3. The highest BCUT2D eigenvalue weighted by molar-refractivity contribution is 6.39. The second kappa shape index (κ2) is 9.81. The minimum Gasteiger partial charge on any atom is -0.497 e. The van der Waals surface area contributed by atoms with Crippen LogP contribution in [0.3, 0.4) is 0 Å². The second-order valence-corrected chi connectivity index (χ2v) is 5.47. The summed E-state index contributed by atoms with van der Waals surface area (Å²) in [5.41, 5.74) is 5.74. The Morgan fingerprint density at radius 1 is 0.852 bits per heavy atom. The molecular weight excluding hydrogens is 350 g/mol. The molecule has 3 amide bonds. The van der Waals surface area contributed by atoms with E-state index in [2.05, 4.69) is 10.7 Å². The van der Waals surface area contributed by atoms with Gasteiger partial charge in [0.1, 0.15) is 11.5 Å². The molecule has 2 aromatic carbocycles. The molecule has 0 aromatic heterocycles. The van der Waals surface area contributed by atoms with E-state index in [-0.39, 0.29) is 6.61 Å². The van der Waals surface area contributed by atoms with E-state index in [1.807, 2.05) is 24.5 Å². The molecule has 0 saturated heterocycles. The summed E-state index contributed by atoms with van der Waals surface area (Å²) in [5.74, 6) is -1.37. The smallest absolute Gasteiger partial charge is 0.328 e. The third kappa shape index (κ3) is 6.35. The second-order valence-electron chi connectivity index (χ2n) is 5.47. The lowest BCUT2D eigenvalue weighted by Crippen LogP contribution is -2.48. The molecule has 0 spiro atoms. The standard InChI is InChI=1S/C19H21N3O5/c1-3-13-4-6-14(7-5-13)20-18(24)19(25)22-21-17(23)12-27-16-10-8-15(26-2)9-11-16/h4-11H,3,12H2,1-2H3,(H,20,24)(H,21,23)(H,22,25). The Morgan fingerprint density at radius 2 is 1.48 bits per heavy atom. The molecule has 0 aliphatic rings. The van der Waals surface area contributed by atoms with Crippen LogP contribution < -0.4 is 25.6 Å². The van der Waals surface area contributed by atoms with E-state index in [1.165, 1.54) is 0 Å². The van der Waals surface area contributed by atoms with Crippen LogP contribution in [0.5, 0.6) is 11.5 Å². The van der Waals surface area contributed by atoms with Crippen molar-refractivity contribution < 1.29 is 23.9 Å². The van der Waals surface area contributed by atoms with Crippen molar-refractivity contribution in [2.24, 2.45) is 0 Å². The number of benzene rings is 2. The van der Waals surface area contributed by atoms with Crippen LogP contribution >= 0.6 is 0 Å². The zero-order valence-electron chi connectivity index (χ0n) is 15.1. The van der Waals surface area contributed by atoms with Crippen molar-refractivity contribution in [3.8, 4) is 11.5 Å². The molecule has 27 heavy (non-hydrogen) atoms. The summed E-state index contributed by atoms with van der Waals surface area (Å²) in [6.07, 6.45) is 0.874. The van der Waals surface area contributed by atoms with Crippen LogP contribution in [0.4, 0.5) is 5.69 Å². The molecule has 0 aliphatic carbocycles. The van der Waals surface area contributed by atoms with Crippen molar-refractivity contribution in [1.82, 2.24) is 10.9 Å². The molecule has 0 fully saturated rings. The van der Waals surface area contributed by atoms with Gasteiger partial charge in [0.25, 0.3) is 5.91 Å². The van der Waals surface area contributed by atoms with Gasteiger partial charge < -0.3 is 14.8 Å². The highest BCUT2D eigenvalue weighted by atomic mass is 16.5. The fourth-order valence-electron chi connectivity index (χ4n) is 2.05. The summed E-state index contributed by atoms with van der Waals surface area (Å²) in [6, 6.07) is 13.8.